The van der Waals surface area contributed by atoms with Crippen LogP contribution in [-0.4, -0.2) is 73.3 Å². The molecule has 0 aromatic carbocycles. The van der Waals surface area contributed by atoms with E-state index in [2.05, 4.69) is 4.18 Å². The minimum absolute atomic E-state index is 0. The molecule has 0 heterocycles. The molecular weight excluding hydrogens is 219 g/mol. The van der Waals surface area contributed by atoms with Crippen molar-refractivity contribution >= 4 is 39.7 Å². The van der Waals surface area contributed by atoms with Gasteiger partial charge in [0.25, 0.3) is 10.1 Å². The number of unbranched alkanes of at least 4 members (excludes halogenated alkanes) is 1. The Morgan fingerprint density at radius 2 is 2.00 bits per heavy atom. The Balaban J connectivity index is 0. The van der Waals surface area contributed by atoms with Gasteiger partial charge in [-0.05, 0) is 6.42 Å². The maximum atomic E-state index is 11.0. The molecule has 0 radical (unpaired) electrons. The van der Waals surface area contributed by atoms with Crippen molar-refractivity contribution in [1.82, 2.24) is 0 Å². The van der Waals surface area contributed by atoms with Crippen molar-refractivity contribution < 1.29 is 22.8 Å². The van der Waals surface area contributed by atoms with E-state index in [9.17, 15) is 8.42 Å². The average Bonchev–Trinajstić information content (AvgIpc) is 2.03. The summed E-state index contributed by atoms with van der Waals surface area (Å²) in [6.45, 7) is 1.48. The molecule has 2 N–H and O–H groups in total. The summed E-state index contributed by atoms with van der Waals surface area (Å²) < 4.78 is 26.5. The van der Waals surface area contributed by atoms with Crippen molar-refractivity contribution in [2.75, 3.05) is 19.0 Å². The van der Waals surface area contributed by atoms with Gasteiger partial charge < -0.3 is 10.2 Å². The first kappa shape index (κ1) is 17.2. The number of rotatable bonds is 7. The molecule has 7 heteroatoms. The van der Waals surface area contributed by atoms with Crippen LogP contribution in [0.5, 0.6) is 0 Å². The Hall–Kier alpha value is 0.830. The van der Waals surface area contributed by atoms with Gasteiger partial charge >= 0.3 is 29.6 Å². The third-order valence-electron chi connectivity index (χ3n) is 1.37. The average molecular weight is 236 g/mol. The summed E-state index contributed by atoms with van der Waals surface area (Å²) in [5.41, 5.74) is 0. The molecule has 82 valence electrons. The molecule has 1 atom stereocenters. The van der Waals surface area contributed by atoms with Gasteiger partial charge in [0.2, 0.25) is 0 Å². The van der Waals surface area contributed by atoms with Gasteiger partial charge in [-0.15, -0.1) is 0 Å². The summed E-state index contributed by atoms with van der Waals surface area (Å²) in [7, 11) is -3.68. The summed E-state index contributed by atoms with van der Waals surface area (Å²) >= 11 is 0. The Morgan fingerprint density at radius 3 is 2.43 bits per heavy atom. The van der Waals surface area contributed by atoms with Crippen molar-refractivity contribution in [3.63, 3.8) is 0 Å². The van der Waals surface area contributed by atoms with Crippen LogP contribution in [0.1, 0.15) is 19.8 Å². The van der Waals surface area contributed by atoms with E-state index in [-0.39, 0.29) is 36.2 Å². The third kappa shape index (κ3) is 9.39. The van der Waals surface area contributed by atoms with Crippen LogP contribution in [0.2, 0.25) is 0 Å². The van der Waals surface area contributed by atoms with Gasteiger partial charge in [0.05, 0.1) is 19.3 Å². The molecule has 0 aliphatic carbocycles. The van der Waals surface area contributed by atoms with E-state index >= 15 is 0 Å². The molecule has 0 aromatic heterocycles. The zero-order valence-corrected chi connectivity index (χ0v) is 8.46. The van der Waals surface area contributed by atoms with E-state index < -0.39 is 28.6 Å². The third-order valence-corrected chi connectivity index (χ3v) is 2.69. The second-order valence-electron chi connectivity index (χ2n) is 2.74. The maximum absolute atomic E-state index is 11.0. The molecular formula is C7H17NaO5S. The van der Waals surface area contributed by atoms with Gasteiger partial charge in [-0.3, -0.25) is 4.18 Å². The molecule has 0 bridgehead atoms. The Morgan fingerprint density at radius 1 is 1.43 bits per heavy atom. The van der Waals surface area contributed by atoms with Crippen LogP contribution in [0.25, 0.3) is 0 Å². The Kier molecular flexibility index (Phi) is 11.2. The van der Waals surface area contributed by atoms with E-state index in [0.29, 0.717) is 6.42 Å². The van der Waals surface area contributed by atoms with E-state index in [4.69, 9.17) is 10.2 Å². The monoisotopic (exact) mass is 236 g/mol. The fourth-order valence-corrected chi connectivity index (χ4v) is 1.71. The summed E-state index contributed by atoms with van der Waals surface area (Å²) in [6, 6.07) is 0. The molecule has 0 fully saturated rings. The second kappa shape index (κ2) is 9.08. The summed E-state index contributed by atoms with van der Waals surface area (Å²) in [5.74, 6) is -0.548. The second-order valence-corrected chi connectivity index (χ2v) is 4.42. The molecule has 1 unspecified atom stereocenters. The molecule has 0 aromatic rings. The van der Waals surface area contributed by atoms with E-state index in [0.717, 1.165) is 6.42 Å². The zero-order valence-electron chi connectivity index (χ0n) is 7.64. The number of hydrogen-bond donors (Lipinski definition) is 2. The Labute approximate surface area is 107 Å². The SMILES string of the molecule is CCCCOS(=O)(=O)CC(O)CO.[NaH]. The van der Waals surface area contributed by atoms with Gasteiger partial charge in [-0.25, -0.2) is 0 Å². The van der Waals surface area contributed by atoms with Crippen LogP contribution in [-0.2, 0) is 14.3 Å². The van der Waals surface area contributed by atoms with Crippen LogP contribution in [0.4, 0.5) is 0 Å². The molecule has 0 amide bonds. The molecule has 0 saturated heterocycles. The van der Waals surface area contributed by atoms with Crippen LogP contribution < -0.4 is 0 Å². The molecule has 5 nitrogen and oxygen atoms in total. The van der Waals surface area contributed by atoms with E-state index in [1.165, 1.54) is 0 Å². The first-order valence-electron chi connectivity index (χ1n) is 4.18. The van der Waals surface area contributed by atoms with Gasteiger partial charge in [-0.1, -0.05) is 13.3 Å². The number of hydrogen-bond acceptors (Lipinski definition) is 5. The fraction of sp³-hybridized carbons (Fsp3) is 1.00. The van der Waals surface area contributed by atoms with E-state index in [1.54, 1.807) is 0 Å². The predicted octanol–water partition coefficient (Wildman–Crippen LogP) is -1.16. The van der Waals surface area contributed by atoms with Gasteiger partial charge in [-0.2, -0.15) is 8.42 Å². The predicted molar refractivity (Wildman–Crippen MR) is 54.9 cm³/mol. The molecule has 0 aliphatic heterocycles. The van der Waals surface area contributed by atoms with Gasteiger partial charge in [0, 0.05) is 0 Å². The van der Waals surface area contributed by atoms with Crippen molar-refractivity contribution in [3.8, 4) is 0 Å². The number of aliphatic hydroxyl groups excluding tert-OH is 2. The summed E-state index contributed by atoms with van der Waals surface area (Å²) in [6.07, 6.45) is 0.249. The zero-order chi connectivity index (χ0) is 10.3. The van der Waals surface area contributed by atoms with Crippen LogP contribution in [0.15, 0.2) is 0 Å². The normalized spacial score (nSPS) is 13.4. The Bertz CT molecular complexity index is 216. The summed E-state index contributed by atoms with van der Waals surface area (Å²) in [5, 5.41) is 17.2. The van der Waals surface area contributed by atoms with Crippen LogP contribution >= 0.6 is 0 Å². The topological polar surface area (TPSA) is 83.8 Å². The first-order valence-corrected chi connectivity index (χ1v) is 5.75. The molecule has 0 spiro atoms. The van der Waals surface area contributed by atoms with Gasteiger partial charge in [0.1, 0.15) is 5.75 Å². The van der Waals surface area contributed by atoms with Crippen molar-refractivity contribution in [2.45, 2.75) is 25.9 Å². The minimum atomic E-state index is -3.68. The quantitative estimate of drug-likeness (QED) is 0.331. The first-order chi connectivity index (χ1) is 6.02. The summed E-state index contributed by atoms with van der Waals surface area (Å²) in [4.78, 5) is 0. The molecule has 0 saturated carbocycles. The van der Waals surface area contributed by atoms with Crippen LogP contribution in [0, 0.1) is 0 Å². The van der Waals surface area contributed by atoms with Crippen molar-refractivity contribution in [1.29, 1.82) is 0 Å². The molecule has 0 rings (SSSR count). The van der Waals surface area contributed by atoms with Gasteiger partial charge in [0.15, 0.2) is 0 Å². The number of aliphatic hydroxyl groups is 2. The molecule has 0 aliphatic rings. The van der Waals surface area contributed by atoms with Crippen LogP contribution in [0.3, 0.4) is 0 Å². The van der Waals surface area contributed by atoms with Crippen molar-refractivity contribution in [3.05, 3.63) is 0 Å². The fourth-order valence-electron chi connectivity index (χ4n) is 0.667. The van der Waals surface area contributed by atoms with Crippen molar-refractivity contribution in [2.24, 2.45) is 0 Å². The molecule has 14 heavy (non-hydrogen) atoms. The standard InChI is InChI=1S/C7H16O5S.Na.H/c1-2-3-4-12-13(10,11)6-7(9)5-8;;/h7-9H,2-6H2,1H3;;. The van der Waals surface area contributed by atoms with E-state index in [1.807, 2.05) is 6.92 Å².